The third kappa shape index (κ3) is 2.40. The first-order valence-corrected chi connectivity index (χ1v) is 7.23. The number of H-pyrrole nitrogens is 2. The molecule has 0 fully saturated rings. The van der Waals surface area contributed by atoms with Crippen molar-refractivity contribution in [2.75, 3.05) is 0 Å². The number of pyridine rings is 2. The Morgan fingerprint density at radius 1 is 1.04 bits per heavy atom. The maximum Gasteiger partial charge on any atom is 0.257 e. The fourth-order valence-corrected chi connectivity index (χ4v) is 2.78. The second-order valence-electron chi connectivity index (χ2n) is 5.21. The maximum atomic E-state index is 12.6. The summed E-state index contributed by atoms with van der Waals surface area (Å²) >= 11 is 0. The molecule has 112 valence electrons. The molecule has 23 heavy (non-hydrogen) atoms. The van der Waals surface area contributed by atoms with Crippen molar-refractivity contribution in [3.05, 3.63) is 76.5 Å². The van der Waals surface area contributed by atoms with Crippen molar-refractivity contribution in [2.45, 2.75) is 6.42 Å². The summed E-state index contributed by atoms with van der Waals surface area (Å²) in [6, 6.07) is 13.4. The number of benzene rings is 1. The Morgan fingerprint density at radius 3 is 2.70 bits per heavy atom. The molecule has 6 nitrogen and oxygen atoms in total. The Morgan fingerprint density at radius 2 is 1.91 bits per heavy atom. The number of hydrogen-bond donors (Lipinski definition) is 2. The van der Waals surface area contributed by atoms with E-state index in [2.05, 4.69) is 25.4 Å². The first-order chi connectivity index (χ1) is 11.3. The van der Waals surface area contributed by atoms with Crippen LogP contribution in [0.1, 0.15) is 11.3 Å². The van der Waals surface area contributed by atoms with Gasteiger partial charge in [0.15, 0.2) is 0 Å². The van der Waals surface area contributed by atoms with Crippen LogP contribution in [0.5, 0.6) is 0 Å². The van der Waals surface area contributed by atoms with Crippen molar-refractivity contribution in [2.24, 2.45) is 0 Å². The molecule has 0 aliphatic rings. The lowest BCUT2D eigenvalue weighted by atomic mass is 9.95. The largest absolute Gasteiger partial charge is 0.306 e. The molecule has 0 aliphatic heterocycles. The highest BCUT2D eigenvalue weighted by Gasteiger charge is 2.16. The van der Waals surface area contributed by atoms with Gasteiger partial charge in [0.05, 0.1) is 17.5 Å². The van der Waals surface area contributed by atoms with Crippen LogP contribution in [0.4, 0.5) is 0 Å². The van der Waals surface area contributed by atoms with Gasteiger partial charge in [-0.2, -0.15) is 15.4 Å². The van der Waals surface area contributed by atoms with E-state index in [1.807, 2.05) is 42.5 Å². The molecule has 0 spiro atoms. The molecule has 3 aromatic heterocycles. The molecule has 0 radical (unpaired) electrons. The van der Waals surface area contributed by atoms with Crippen molar-refractivity contribution >= 4 is 11.0 Å². The summed E-state index contributed by atoms with van der Waals surface area (Å²) in [5, 5.41) is 11.5. The van der Waals surface area contributed by atoms with Crippen LogP contribution in [0.3, 0.4) is 0 Å². The molecule has 1 aromatic carbocycles. The fourth-order valence-electron chi connectivity index (χ4n) is 2.78. The minimum atomic E-state index is -0.152. The van der Waals surface area contributed by atoms with Crippen LogP contribution in [0, 0.1) is 0 Å². The van der Waals surface area contributed by atoms with Crippen LogP contribution >= 0.6 is 0 Å². The van der Waals surface area contributed by atoms with Crippen LogP contribution in [-0.2, 0) is 6.42 Å². The van der Waals surface area contributed by atoms with Crippen LogP contribution in [0.25, 0.3) is 22.2 Å². The third-order valence-electron chi connectivity index (χ3n) is 3.78. The lowest BCUT2D eigenvalue weighted by Gasteiger charge is -2.11. The average molecular weight is 303 g/mol. The lowest BCUT2D eigenvalue weighted by Crippen LogP contribution is -2.14. The highest BCUT2D eigenvalue weighted by molar-refractivity contribution is 5.86. The Bertz CT molecular complexity index is 1010. The van der Waals surface area contributed by atoms with Crippen molar-refractivity contribution in [3.8, 4) is 11.1 Å². The van der Waals surface area contributed by atoms with Crippen molar-refractivity contribution in [3.63, 3.8) is 0 Å². The molecule has 0 saturated carbocycles. The van der Waals surface area contributed by atoms with Crippen LogP contribution in [-0.4, -0.2) is 25.4 Å². The molecule has 2 N–H and O–H groups in total. The average Bonchev–Trinajstić information content (AvgIpc) is 3.09. The molecular weight excluding hydrogens is 290 g/mol. The van der Waals surface area contributed by atoms with Crippen LogP contribution in [0.15, 0.2) is 59.7 Å². The molecule has 6 heteroatoms. The van der Waals surface area contributed by atoms with Gasteiger partial charge in [-0.25, -0.2) is 4.98 Å². The van der Waals surface area contributed by atoms with Crippen molar-refractivity contribution < 1.29 is 0 Å². The second kappa shape index (κ2) is 5.49. The van der Waals surface area contributed by atoms with Gasteiger partial charge in [-0.1, -0.05) is 30.3 Å². The Labute approximate surface area is 131 Å². The Hall–Kier alpha value is -3.28. The van der Waals surface area contributed by atoms with Gasteiger partial charge in [-0.05, 0) is 23.3 Å². The van der Waals surface area contributed by atoms with E-state index < -0.39 is 0 Å². The zero-order valence-electron chi connectivity index (χ0n) is 12.2. The Balaban J connectivity index is 2.04. The van der Waals surface area contributed by atoms with Gasteiger partial charge in [-0.3, -0.25) is 4.79 Å². The summed E-state index contributed by atoms with van der Waals surface area (Å²) in [5.74, 6) is 0. The molecule has 4 aromatic rings. The predicted molar refractivity (Wildman–Crippen MR) is 87.0 cm³/mol. The van der Waals surface area contributed by atoms with Gasteiger partial charge >= 0.3 is 0 Å². The van der Waals surface area contributed by atoms with E-state index in [-0.39, 0.29) is 5.56 Å². The standard InChI is InChI=1S/C17H13N5O/c23-17-15(11-5-2-1-3-6-11)14(9-12-10-19-22-21-12)13-7-4-8-18-16(13)20-17/h1-8,10H,9H2,(H,18,20,23)(H,19,21,22). The highest BCUT2D eigenvalue weighted by atomic mass is 16.1. The third-order valence-corrected chi connectivity index (χ3v) is 3.78. The van der Waals surface area contributed by atoms with Gasteiger partial charge in [-0.15, -0.1) is 0 Å². The molecule has 0 saturated heterocycles. The summed E-state index contributed by atoms with van der Waals surface area (Å²) in [6.07, 6.45) is 3.84. The summed E-state index contributed by atoms with van der Waals surface area (Å²) in [5.41, 5.74) is 3.62. The zero-order valence-corrected chi connectivity index (χ0v) is 12.2. The topological polar surface area (TPSA) is 87.3 Å². The number of fused-ring (bicyclic) bond motifs is 1. The van der Waals surface area contributed by atoms with Gasteiger partial charge in [0.2, 0.25) is 0 Å². The van der Waals surface area contributed by atoms with E-state index in [0.29, 0.717) is 17.6 Å². The van der Waals surface area contributed by atoms with Gasteiger partial charge in [0.25, 0.3) is 5.56 Å². The lowest BCUT2D eigenvalue weighted by molar-refractivity contribution is 0.916. The van der Waals surface area contributed by atoms with Gasteiger partial charge < -0.3 is 4.98 Å². The summed E-state index contributed by atoms with van der Waals surface area (Å²) in [7, 11) is 0. The van der Waals surface area contributed by atoms with E-state index in [1.165, 1.54) is 0 Å². The number of rotatable bonds is 3. The number of aromatic nitrogens is 5. The smallest absolute Gasteiger partial charge is 0.257 e. The van der Waals surface area contributed by atoms with E-state index in [4.69, 9.17) is 0 Å². The fraction of sp³-hybridized carbons (Fsp3) is 0.0588. The quantitative estimate of drug-likeness (QED) is 0.608. The van der Waals surface area contributed by atoms with Crippen LogP contribution in [0.2, 0.25) is 0 Å². The molecule has 0 amide bonds. The molecule has 4 rings (SSSR count). The highest BCUT2D eigenvalue weighted by Crippen LogP contribution is 2.26. The molecular formula is C17H13N5O. The van der Waals surface area contributed by atoms with Crippen molar-refractivity contribution in [1.29, 1.82) is 0 Å². The number of aromatic amines is 2. The minimum absolute atomic E-state index is 0.152. The molecule has 0 aliphatic carbocycles. The molecule has 0 unspecified atom stereocenters. The van der Waals surface area contributed by atoms with Crippen LogP contribution < -0.4 is 5.56 Å². The van der Waals surface area contributed by atoms with E-state index in [9.17, 15) is 4.79 Å². The first kappa shape index (κ1) is 13.4. The molecule has 0 atom stereocenters. The first-order valence-electron chi connectivity index (χ1n) is 7.23. The van der Waals surface area contributed by atoms with E-state index in [0.717, 1.165) is 22.2 Å². The predicted octanol–water partition coefficient (Wildman–Crippen LogP) is 2.30. The summed E-state index contributed by atoms with van der Waals surface area (Å²) in [6.45, 7) is 0. The van der Waals surface area contributed by atoms with E-state index >= 15 is 0 Å². The monoisotopic (exact) mass is 303 g/mol. The molecule has 3 heterocycles. The minimum Gasteiger partial charge on any atom is -0.306 e. The zero-order chi connectivity index (χ0) is 15.6. The Kier molecular flexibility index (Phi) is 3.20. The second-order valence-corrected chi connectivity index (χ2v) is 5.21. The van der Waals surface area contributed by atoms with Crippen molar-refractivity contribution in [1.82, 2.24) is 25.4 Å². The molecule has 0 bridgehead atoms. The SMILES string of the molecule is O=c1[nH]c2ncccc2c(Cc2cn[nH]n2)c1-c1ccccc1. The van der Waals surface area contributed by atoms with Gasteiger partial charge in [0.1, 0.15) is 5.65 Å². The number of hydrogen-bond acceptors (Lipinski definition) is 4. The van der Waals surface area contributed by atoms with E-state index in [1.54, 1.807) is 12.4 Å². The van der Waals surface area contributed by atoms with Gasteiger partial charge in [0, 0.05) is 18.0 Å². The summed E-state index contributed by atoms with van der Waals surface area (Å²) < 4.78 is 0. The number of nitrogens with zero attached hydrogens (tertiary/aromatic N) is 3. The summed E-state index contributed by atoms with van der Waals surface area (Å²) in [4.78, 5) is 19.8. The normalized spacial score (nSPS) is 11.0. The maximum absolute atomic E-state index is 12.6. The number of nitrogens with one attached hydrogen (secondary N) is 2.